The number of nitrogens with zero attached hydrogens (tertiary/aromatic N) is 5. The zero-order valence-electron chi connectivity index (χ0n) is 78.3. The van der Waals surface area contributed by atoms with E-state index >= 15 is 14.4 Å². The largest absolute Gasteiger partial charge is 0.394 e. The van der Waals surface area contributed by atoms with Crippen LogP contribution in [0.2, 0.25) is 0 Å². The lowest BCUT2D eigenvalue weighted by atomic mass is 10.0. The summed E-state index contributed by atoms with van der Waals surface area (Å²) in [5, 5.41) is 80.6. The lowest BCUT2D eigenvalue weighted by Crippen LogP contribution is -2.62. The van der Waals surface area contributed by atoms with Crippen molar-refractivity contribution >= 4 is 111 Å². The number of nitrogens with one attached hydrogen (secondary N) is 18. The SMILES string of the molecule is CCCC[C@H](NC(=O)[C@H](CN)NC(=O)[C@H](Cc1c[nH]cn1)NC(=O)[C@H](CCC(N)=O)NC(=O)[C@H](CO)NC(=O)CNC(=O)COCCOCCNC(=O)CCCCCCCCCCCCCCCc1nnn[nH]1)C(=O)N[C@H]1CCC(=O)NCCCC[C@@H](C(C)=O)NC(=O)[C@H](Cc2c[nH]c3ccccc23)NC(=O)[C@H](CCCNC(=N)N)NC(=O)[C@@H](Cc2ccccc2)NC(=O)[C@@H]2C[C@@H](O)CN2C1=O. The van der Waals surface area contributed by atoms with Gasteiger partial charge < -0.3 is 126 Å². The Balaban J connectivity index is 0.949. The second-order valence-electron chi connectivity index (χ2n) is 34.4. The number of fused-ring (bicyclic) bond motifs is 2. The van der Waals surface area contributed by atoms with Crippen LogP contribution in [0.4, 0.5) is 0 Å². The number of aliphatic hydroxyl groups is 2. The lowest BCUT2D eigenvalue weighted by Gasteiger charge is -2.31. The Kier molecular flexibility index (Phi) is 50.2. The van der Waals surface area contributed by atoms with Crippen molar-refractivity contribution in [2.24, 2.45) is 17.2 Å². The molecule has 754 valence electrons. The number of hydrogen-bond donors (Lipinski definition) is 23. The second kappa shape index (κ2) is 61.9. The van der Waals surface area contributed by atoms with Crippen molar-refractivity contribution in [1.82, 2.24) is 115 Å². The van der Waals surface area contributed by atoms with Crippen molar-refractivity contribution in [3.05, 3.63) is 96.0 Å². The van der Waals surface area contributed by atoms with Crippen LogP contribution in [0.15, 0.2) is 73.3 Å². The third-order valence-corrected chi connectivity index (χ3v) is 23.4. The first-order valence-corrected chi connectivity index (χ1v) is 47.5. The summed E-state index contributed by atoms with van der Waals surface area (Å²) in [4.78, 5) is 236. The smallest absolute Gasteiger partial charge is 0.246 e. The lowest BCUT2D eigenvalue weighted by molar-refractivity contribution is -0.143. The molecule has 2 aliphatic heterocycles. The molecule has 7 rings (SSSR count). The predicted molar refractivity (Wildman–Crippen MR) is 500 cm³/mol. The van der Waals surface area contributed by atoms with E-state index in [9.17, 15) is 72.5 Å². The fourth-order valence-electron chi connectivity index (χ4n) is 15.7. The van der Waals surface area contributed by atoms with Gasteiger partial charge in [-0.1, -0.05) is 139 Å². The summed E-state index contributed by atoms with van der Waals surface area (Å²) in [6.07, 6.45) is 17.4. The Labute approximate surface area is 795 Å². The van der Waals surface area contributed by atoms with E-state index in [-0.39, 0.29) is 115 Å². The summed E-state index contributed by atoms with van der Waals surface area (Å²) >= 11 is 0. The van der Waals surface area contributed by atoms with E-state index in [0.717, 1.165) is 60.2 Å². The minimum atomic E-state index is -1.76. The number of para-hydroxylation sites is 1. The molecule has 0 radical (unpaired) electrons. The first kappa shape index (κ1) is 111. The van der Waals surface area contributed by atoms with Gasteiger partial charge in [-0.05, 0) is 98.8 Å². The highest BCUT2D eigenvalue weighted by molar-refractivity contribution is 6.01. The number of aliphatic hydroxyl groups excluding tert-OH is 2. The number of hydrogen-bond acceptors (Lipinski definition) is 26. The monoisotopic (exact) mass is 1920 g/mol. The average Bonchev–Trinajstić information content (AvgIpc) is 1.66. The van der Waals surface area contributed by atoms with E-state index in [1.165, 1.54) is 70.8 Å². The number of rotatable bonds is 56. The molecule has 2 saturated heterocycles. The zero-order chi connectivity index (χ0) is 99.2. The predicted octanol–water partition coefficient (Wildman–Crippen LogP) is -2.45. The summed E-state index contributed by atoms with van der Waals surface area (Å²) < 4.78 is 10.8. The van der Waals surface area contributed by atoms with Gasteiger partial charge in [-0.2, -0.15) is 0 Å². The number of ether oxygens (including phenoxy) is 2. The maximum Gasteiger partial charge on any atom is 0.246 e. The molecule has 15 amide bonds. The molecule has 26 N–H and O–H groups in total. The highest BCUT2D eigenvalue weighted by Crippen LogP contribution is 2.24. The van der Waals surface area contributed by atoms with Gasteiger partial charge in [-0.3, -0.25) is 82.1 Å². The number of carbonyl (C=O) groups excluding carboxylic acids is 16. The van der Waals surface area contributed by atoms with Gasteiger partial charge in [0.2, 0.25) is 88.6 Å². The van der Waals surface area contributed by atoms with Gasteiger partial charge in [0, 0.05) is 107 Å². The number of benzene rings is 2. The van der Waals surface area contributed by atoms with Crippen LogP contribution in [0, 0.1) is 5.41 Å². The molecule has 5 aromatic rings. The Morgan fingerprint density at radius 3 is 1.91 bits per heavy atom. The number of aryl methyl sites for hydroxylation is 1. The number of nitrogens with two attached hydrogens (primary N) is 3. The minimum Gasteiger partial charge on any atom is -0.394 e. The number of amides is 15. The van der Waals surface area contributed by atoms with Gasteiger partial charge in [0.15, 0.2) is 11.7 Å². The summed E-state index contributed by atoms with van der Waals surface area (Å²) in [6, 6.07) is -1.29. The van der Waals surface area contributed by atoms with Gasteiger partial charge in [-0.25, -0.2) is 10.1 Å². The van der Waals surface area contributed by atoms with Crippen LogP contribution >= 0.6 is 0 Å². The zero-order valence-corrected chi connectivity index (χ0v) is 78.3. The maximum atomic E-state index is 15.3. The van der Waals surface area contributed by atoms with Crippen molar-refractivity contribution in [2.75, 3.05) is 72.3 Å². The number of primary amides is 1. The fraction of sp³-hybridized carbons (Fsp3) is 0.615. The van der Waals surface area contributed by atoms with E-state index in [1.807, 2.05) is 18.2 Å². The normalized spacial score (nSPS) is 18.7. The molecule has 0 aliphatic carbocycles. The Morgan fingerprint density at radius 1 is 0.613 bits per heavy atom. The molecule has 0 saturated carbocycles. The number of ketones is 1. The van der Waals surface area contributed by atoms with Crippen molar-refractivity contribution in [2.45, 2.75) is 285 Å². The minimum absolute atomic E-state index is 0.00996. The van der Waals surface area contributed by atoms with Gasteiger partial charge in [-0.15, -0.1) is 5.10 Å². The molecule has 46 heteroatoms. The molecular weight excluding hydrogens is 1780 g/mol. The number of Topliss-reactive ketones (excluding diaryl/α,β-unsaturated/α-hetero) is 1. The molecule has 0 bridgehead atoms. The average molecular weight is 1920 g/mol. The topological polar surface area (TPSA) is 705 Å². The number of guanidine groups is 1. The summed E-state index contributed by atoms with van der Waals surface area (Å²) in [7, 11) is 0. The fourth-order valence-corrected chi connectivity index (χ4v) is 15.7. The first-order valence-electron chi connectivity index (χ1n) is 47.5. The highest BCUT2D eigenvalue weighted by Gasteiger charge is 2.44. The highest BCUT2D eigenvalue weighted by atomic mass is 16.5. The van der Waals surface area contributed by atoms with Crippen LogP contribution in [-0.4, -0.2) is 296 Å². The number of carbonyl (C=O) groups is 16. The number of imidazole rings is 1. The number of tetrazole rings is 1. The molecule has 0 unspecified atom stereocenters. The van der Waals surface area contributed by atoms with Crippen molar-refractivity contribution in [1.29, 1.82) is 5.41 Å². The summed E-state index contributed by atoms with van der Waals surface area (Å²) in [6.45, 7) is 0.342. The van der Waals surface area contributed by atoms with Gasteiger partial charge in [0.1, 0.15) is 72.8 Å². The molecule has 5 heterocycles. The number of H-pyrrole nitrogens is 3. The molecule has 46 nitrogen and oxygen atoms in total. The third-order valence-electron chi connectivity index (χ3n) is 23.4. The van der Waals surface area contributed by atoms with E-state index in [1.54, 1.807) is 49.5 Å². The maximum absolute atomic E-state index is 15.3. The Hall–Kier alpha value is -13.0. The Bertz CT molecular complexity index is 4660. The Morgan fingerprint density at radius 2 is 1.24 bits per heavy atom. The molecule has 2 fully saturated rings. The van der Waals surface area contributed by atoms with Crippen LogP contribution in [-0.2, 0) is 112 Å². The van der Waals surface area contributed by atoms with Crippen molar-refractivity contribution in [3.8, 4) is 0 Å². The quantitative estimate of drug-likeness (QED) is 0.0109. The van der Waals surface area contributed by atoms with Gasteiger partial charge in [0.25, 0.3) is 0 Å². The molecular formula is C91H140N26O20. The van der Waals surface area contributed by atoms with E-state index in [2.05, 4.69) is 110 Å². The summed E-state index contributed by atoms with van der Waals surface area (Å²) in [5.74, 6) is -13.1. The van der Waals surface area contributed by atoms with Crippen LogP contribution in [0.1, 0.15) is 210 Å². The molecule has 2 aliphatic rings. The second-order valence-corrected chi connectivity index (χ2v) is 34.4. The molecule has 3 aromatic heterocycles. The van der Waals surface area contributed by atoms with E-state index in [0.29, 0.717) is 24.0 Å². The van der Waals surface area contributed by atoms with Crippen LogP contribution < -0.4 is 91.6 Å². The van der Waals surface area contributed by atoms with Crippen LogP contribution in [0.3, 0.4) is 0 Å². The number of unbranched alkanes of at least 4 members (excludes halogenated alkanes) is 13. The van der Waals surface area contributed by atoms with Crippen molar-refractivity contribution < 1.29 is 96.4 Å². The first-order chi connectivity index (χ1) is 66.0. The van der Waals surface area contributed by atoms with Gasteiger partial charge >= 0.3 is 0 Å². The standard InChI is InChI=1S/C91H140N26O20/c1-3-4-29-65(81(126)108-68-36-38-78(123)97-39-24-23-30-63(57(2)119)104-85(130)70(46-59-50-100-64-31-22-21-28-62(59)64)109-82(127)66(32-25-40-99-91(94)95)105-84(129)69(45-58-26-17-16-18-27-58)111-89(134)74-48-61(120)53-117(74)90(68)135)106-87(132)72(49-92)112-86(131)71(47-60-51-96-56-102-60)110-83(128)67(35-37-75(93)121)107-88(133)73(54-118)103-79(124)52-101-80(125)55-137-44-43-136-42-41-98-77(122)34-20-15-13-11-9-7-5-6-8-10-12-14-19-33-76-113-115-116-114-76/h16-18,21-22,26-28,31,50-51,56,61,63,65-74,100,118,120H,3-15,19-20,23-25,29-30,32-49,52-55,92H2,1-2H3,(H2,93,121)(H,96,102)(H,97,123)(H,98,122)(H,101,125)(H,103,124)(H,104,130)(H,105,129)(H,106,132)(H,107,133)(H,108,126)(H,109,127)(H,110,128)(H,111,134)(H,112,131)(H4,94,95,99)(H,113,114,115,116)/t61-,63+,65+,66+,67+,68+,69-,70+,71+,72+,73+,74+/m1/s1. The number of aromatic amines is 3. The van der Waals surface area contributed by atoms with E-state index in [4.69, 9.17) is 32.1 Å². The molecule has 137 heavy (non-hydrogen) atoms. The molecule has 2 aromatic carbocycles. The number of aromatic nitrogens is 7. The van der Waals surface area contributed by atoms with E-state index < -0.39 is 232 Å². The summed E-state index contributed by atoms with van der Waals surface area (Å²) in [5.41, 5.74) is 19.3. The van der Waals surface area contributed by atoms with Crippen LogP contribution in [0.5, 0.6) is 0 Å². The third kappa shape index (κ3) is 41.7. The molecule has 12 atom stereocenters. The van der Waals surface area contributed by atoms with Crippen molar-refractivity contribution in [3.63, 3.8) is 0 Å². The molecule has 0 spiro atoms. The van der Waals surface area contributed by atoms with Crippen LogP contribution in [0.25, 0.3) is 10.9 Å². The van der Waals surface area contributed by atoms with Gasteiger partial charge in [0.05, 0.1) is 57.1 Å².